The molecule has 78 valence electrons. The molecule has 1 rings (SSSR count). The van der Waals surface area contributed by atoms with Crippen molar-refractivity contribution in [2.45, 2.75) is 6.92 Å². The minimum atomic E-state index is -0.924. The fourth-order valence-corrected chi connectivity index (χ4v) is 0.978. The molecular formula is C9H13ClN2O2. The molecule has 0 aliphatic rings. The van der Waals surface area contributed by atoms with E-state index in [1.165, 1.54) is 12.1 Å². The maximum atomic E-state index is 10.5. The van der Waals surface area contributed by atoms with Crippen LogP contribution in [0.25, 0.3) is 0 Å². The third kappa shape index (κ3) is 2.90. The van der Waals surface area contributed by atoms with Gasteiger partial charge < -0.3 is 10.1 Å². The lowest BCUT2D eigenvalue weighted by atomic mass is 10.2. The van der Waals surface area contributed by atoms with Crippen LogP contribution in [0.5, 0.6) is 0 Å². The maximum absolute atomic E-state index is 10.5. The Morgan fingerprint density at radius 1 is 1.43 bits per heavy atom. The van der Waals surface area contributed by atoms with Gasteiger partial charge in [0.2, 0.25) is 0 Å². The van der Waals surface area contributed by atoms with Gasteiger partial charge in [-0.25, -0.2) is 10.6 Å². The highest BCUT2D eigenvalue weighted by molar-refractivity contribution is 5.88. The monoisotopic (exact) mass is 216 g/mol. The number of hydrogen-bond donors (Lipinski definition) is 2. The van der Waals surface area contributed by atoms with Crippen LogP contribution >= 0.6 is 12.4 Å². The fourth-order valence-electron chi connectivity index (χ4n) is 0.978. The second kappa shape index (κ2) is 5.47. The SMILES string of the molecule is CCN(N)c1ccc(C(=O)O)cc1.Cl. The summed E-state index contributed by atoms with van der Waals surface area (Å²) in [5, 5.41) is 10.2. The summed E-state index contributed by atoms with van der Waals surface area (Å²) in [7, 11) is 0. The fraction of sp³-hybridized carbons (Fsp3) is 0.222. The average molecular weight is 217 g/mol. The Morgan fingerprint density at radius 3 is 2.29 bits per heavy atom. The molecule has 0 radical (unpaired) electrons. The van der Waals surface area contributed by atoms with Gasteiger partial charge in [-0.1, -0.05) is 0 Å². The third-order valence-corrected chi connectivity index (χ3v) is 1.79. The molecule has 4 nitrogen and oxygen atoms in total. The summed E-state index contributed by atoms with van der Waals surface area (Å²) in [6, 6.07) is 6.44. The molecule has 0 fully saturated rings. The number of carboxylic acid groups (broad SMARTS) is 1. The molecule has 1 aromatic carbocycles. The lowest BCUT2D eigenvalue weighted by Crippen LogP contribution is -2.30. The zero-order chi connectivity index (χ0) is 9.84. The lowest BCUT2D eigenvalue weighted by molar-refractivity contribution is 0.0697. The van der Waals surface area contributed by atoms with Gasteiger partial charge in [0, 0.05) is 6.54 Å². The maximum Gasteiger partial charge on any atom is 0.335 e. The Balaban J connectivity index is 0.00000169. The predicted octanol–water partition coefficient (Wildman–Crippen LogP) is 1.51. The number of benzene rings is 1. The number of halogens is 1. The molecule has 1 aromatic rings. The summed E-state index contributed by atoms with van der Waals surface area (Å²) >= 11 is 0. The molecule has 0 saturated carbocycles. The first-order chi connectivity index (χ1) is 6.15. The minimum absolute atomic E-state index is 0. The van der Waals surface area contributed by atoms with Gasteiger partial charge in [-0.05, 0) is 31.2 Å². The van der Waals surface area contributed by atoms with E-state index < -0.39 is 5.97 Å². The zero-order valence-corrected chi connectivity index (χ0v) is 8.62. The highest BCUT2D eigenvalue weighted by Crippen LogP contribution is 2.11. The molecule has 3 N–H and O–H groups in total. The smallest absolute Gasteiger partial charge is 0.335 e. The van der Waals surface area contributed by atoms with Gasteiger partial charge in [0.05, 0.1) is 11.3 Å². The lowest BCUT2D eigenvalue weighted by Gasteiger charge is -2.15. The van der Waals surface area contributed by atoms with Crippen molar-refractivity contribution in [2.24, 2.45) is 5.84 Å². The highest BCUT2D eigenvalue weighted by atomic mass is 35.5. The minimum Gasteiger partial charge on any atom is -0.478 e. The molecule has 0 saturated heterocycles. The topological polar surface area (TPSA) is 66.6 Å². The first-order valence-electron chi connectivity index (χ1n) is 4.00. The molecule has 0 heterocycles. The van der Waals surface area contributed by atoms with E-state index in [1.807, 2.05) is 6.92 Å². The summed E-state index contributed by atoms with van der Waals surface area (Å²) in [6.45, 7) is 2.61. The number of anilines is 1. The van der Waals surface area contributed by atoms with Gasteiger partial charge in [0.15, 0.2) is 0 Å². The second-order valence-corrected chi connectivity index (χ2v) is 2.64. The van der Waals surface area contributed by atoms with E-state index in [4.69, 9.17) is 10.9 Å². The van der Waals surface area contributed by atoms with Crippen molar-refractivity contribution < 1.29 is 9.90 Å². The van der Waals surface area contributed by atoms with Crippen LogP contribution in [0.15, 0.2) is 24.3 Å². The van der Waals surface area contributed by atoms with E-state index in [-0.39, 0.29) is 18.0 Å². The number of carboxylic acids is 1. The van der Waals surface area contributed by atoms with E-state index in [9.17, 15) is 4.79 Å². The van der Waals surface area contributed by atoms with E-state index in [1.54, 1.807) is 17.1 Å². The van der Waals surface area contributed by atoms with Gasteiger partial charge in [0.1, 0.15) is 0 Å². The molecule has 0 amide bonds. The van der Waals surface area contributed by atoms with E-state index in [2.05, 4.69) is 0 Å². The number of hydrazine groups is 1. The van der Waals surface area contributed by atoms with Crippen molar-refractivity contribution in [2.75, 3.05) is 11.6 Å². The van der Waals surface area contributed by atoms with Crippen molar-refractivity contribution in [3.8, 4) is 0 Å². The van der Waals surface area contributed by atoms with Crippen molar-refractivity contribution in [3.63, 3.8) is 0 Å². The molecule has 0 atom stereocenters. The summed E-state index contributed by atoms with van der Waals surface area (Å²) in [6.07, 6.45) is 0. The van der Waals surface area contributed by atoms with Gasteiger partial charge >= 0.3 is 5.97 Å². The van der Waals surface area contributed by atoms with Crippen LogP contribution < -0.4 is 10.9 Å². The van der Waals surface area contributed by atoms with Crippen molar-refractivity contribution in [1.82, 2.24) is 0 Å². The van der Waals surface area contributed by atoms with Gasteiger partial charge in [0.25, 0.3) is 0 Å². The van der Waals surface area contributed by atoms with E-state index in [0.717, 1.165) is 5.69 Å². The van der Waals surface area contributed by atoms with Crippen LogP contribution in [0.2, 0.25) is 0 Å². The Labute approximate surface area is 88.7 Å². The van der Waals surface area contributed by atoms with Crippen LogP contribution in [0.4, 0.5) is 5.69 Å². The van der Waals surface area contributed by atoms with Crippen molar-refractivity contribution in [1.29, 1.82) is 0 Å². The third-order valence-electron chi connectivity index (χ3n) is 1.79. The van der Waals surface area contributed by atoms with Crippen LogP contribution in [0, 0.1) is 0 Å². The zero-order valence-electron chi connectivity index (χ0n) is 7.80. The number of aromatic carboxylic acids is 1. The quantitative estimate of drug-likeness (QED) is 0.594. The molecule has 0 aromatic heterocycles. The summed E-state index contributed by atoms with van der Waals surface area (Å²) in [4.78, 5) is 10.5. The van der Waals surface area contributed by atoms with E-state index >= 15 is 0 Å². The average Bonchev–Trinajstić information content (AvgIpc) is 2.17. The van der Waals surface area contributed by atoms with Crippen LogP contribution in [0.1, 0.15) is 17.3 Å². The first-order valence-corrected chi connectivity index (χ1v) is 4.00. The number of nitrogens with zero attached hydrogens (tertiary/aromatic N) is 1. The largest absolute Gasteiger partial charge is 0.478 e. The molecule has 14 heavy (non-hydrogen) atoms. The Morgan fingerprint density at radius 2 is 1.93 bits per heavy atom. The molecule has 0 aliphatic carbocycles. The second-order valence-electron chi connectivity index (χ2n) is 2.64. The number of carbonyl (C=O) groups is 1. The Bertz CT molecular complexity index is 300. The first kappa shape index (κ1) is 12.7. The van der Waals surface area contributed by atoms with E-state index in [0.29, 0.717) is 6.54 Å². The highest BCUT2D eigenvalue weighted by Gasteiger charge is 2.03. The van der Waals surface area contributed by atoms with Gasteiger partial charge in [-0.3, -0.25) is 0 Å². The molecular weight excluding hydrogens is 204 g/mol. The normalized spacial score (nSPS) is 9.00. The van der Waals surface area contributed by atoms with Crippen LogP contribution in [-0.4, -0.2) is 17.6 Å². The number of rotatable bonds is 3. The Kier molecular flexibility index (Phi) is 4.97. The van der Waals surface area contributed by atoms with Crippen LogP contribution in [0.3, 0.4) is 0 Å². The molecule has 0 spiro atoms. The van der Waals surface area contributed by atoms with Crippen molar-refractivity contribution in [3.05, 3.63) is 29.8 Å². The summed E-state index contributed by atoms with van der Waals surface area (Å²) in [5.74, 6) is 4.68. The predicted molar refractivity (Wildman–Crippen MR) is 57.9 cm³/mol. The standard InChI is InChI=1S/C9H12N2O2.ClH/c1-2-11(10)8-5-3-7(4-6-8)9(12)13;/h3-6H,2,10H2,1H3,(H,12,13);1H. The summed E-state index contributed by atoms with van der Waals surface area (Å²) < 4.78 is 0. The Hall–Kier alpha value is -1.26. The van der Waals surface area contributed by atoms with Gasteiger partial charge in [-0.15, -0.1) is 12.4 Å². The summed E-state index contributed by atoms with van der Waals surface area (Å²) in [5.41, 5.74) is 1.08. The van der Waals surface area contributed by atoms with Crippen molar-refractivity contribution >= 4 is 24.1 Å². The van der Waals surface area contributed by atoms with Crippen LogP contribution in [-0.2, 0) is 0 Å². The number of nitrogens with two attached hydrogens (primary N) is 1. The molecule has 0 bridgehead atoms. The molecule has 0 aliphatic heterocycles. The molecule has 0 unspecified atom stereocenters. The number of hydrogen-bond acceptors (Lipinski definition) is 3. The molecule has 5 heteroatoms. The van der Waals surface area contributed by atoms with Gasteiger partial charge in [-0.2, -0.15) is 0 Å².